The number of aromatic nitrogens is 1. The Morgan fingerprint density at radius 3 is 1.73 bits per heavy atom. The van der Waals surface area contributed by atoms with Crippen molar-refractivity contribution in [3.05, 3.63) is 76.6 Å². The zero-order valence-corrected chi connectivity index (χ0v) is 28.1. The standard InChI is InChI=1S/C20H26N2.C15H24O3.Ni/c1-19(2,3)15-10-11-17(20(4,5)6)18(13-15)22-14-16-9-7-8-12-21-16;1-14(2,3)9-8-10(18-7)11(15(4,5)6)13(17)12(9)16;/h7-14H,1-6H3;8,16-17H,1-7H3;/q;;+2/p-2. The molecule has 1 heterocycles. The summed E-state index contributed by atoms with van der Waals surface area (Å²) in [6, 6.07) is 14.2. The van der Waals surface area contributed by atoms with Crippen LogP contribution in [-0.2, 0) is 38.2 Å². The van der Waals surface area contributed by atoms with Gasteiger partial charge in [0.25, 0.3) is 0 Å². The van der Waals surface area contributed by atoms with Crippen molar-refractivity contribution in [2.45, 2.75) is 105 Å². The molecular weight excluding hydrogens is 555 g/mol. The molecule has 0 spiro atoms. The van der Waals surface area contributed by atoms with E-state index in [-0.39, 0.29) is 32.7 Å². The first kappa shape index (κ1) is 36.2. The van der Waals surface area contributed by atoms with Crippen LogP contribution in [0.3, 0.4) is 0 Å². The van der Waals surface area contributed by atoms with Crippen LogP contribution in [0.5, 0.6) is 17.2 Å². The molecule has 226 valence electrons. The fourth-order valence-corrected chi connectivity index (χ4v) is 4.37. The third kappa shape index (κ3) is 9.60. The first-order chi connectivity index (χ1) is 18.2. The number of pyridine rings is 1. The van der Waals surface area contributed by atoms with Crippen molar-refractivity contribution in [3.63, 3.8) is 0 Å². The summed E-state index contributed by atoms with van der Waals surface area (Å²) in [7, 11) is 1.53. The van der Waals surface area contributed by atoms with E-state index in [9.17, 15) is 10.2 Å². The van der Waals surface area contributed by atoms with Crippen molar-refractivity contribution in [2.75, 3.05) is 7.11 Å². The maximum Gasteiger partial charge on any atom is 2.00 e. The van der Waals surface area contributed by atoms with Gasteiger partial charge in [0.05, 0.1) is 24.7 Å². The average molecular weight is 603 g/mol. The van der Waals surface area contributed by atoms with Crippen molar-refractivity contribution in [1.82, 2.24) is 4.98 Å². The van der Waals surface area contributed by atoms with Gasteiger partial charge in [-0.05, 0) is 68.2 Å². The van der Waals surface area contributed by atoms with Gasteiger partial charge < -0.3 is 14.9 Å². The molecule has 0 unspecified atom stereocenters. The van der Waals surface area contributed by atoms with Crippen molar-refractivity contribution in [3.8, 4) is 17.2 Å². The summed E-state index contributed by atoms with van der Waals surface area (Å²) >= 11 is 0. The number of rotatable bonds is 3. The van der Waals surface area contributed by atoms with Crippen molar-refractivity contribution in [1.29, 1.82) is 0 Å². The molecule has 0 amide bonds. The van der Waals surface area contributed by atoms with Crippen molar-refractivity contribution >= 4 is 11.9 Å². The summed E-state index contributed by atoms with van der Waals surface area (Å²) in [6.07, 6.45) is 3.63. The molecule has 0 aliphatic carbocycles. The summed E-state index contributed by atoms with van der Waals surface area (Å²) in [5, 5.41) is 24.5. The van der Waals surface area contributed by atoms with E-state index in [1.165, 1.54) is 18.2 Å². The molecule has 0 fully saturated rings. The maximum absolute atomic E-state index is 12.3. The molecule has 3 rings (SSSR count). The SMILES string of the molecule is CC(C)(C)c1ccc(C(C)(C)C)c(N=Cc2ccccn2)c1.COc1cc(C(C)(C)C)c([O-])c([O-])c1C(C)(C)C.[Ni+2]. The molecule has 5 nitrogen and oxygen atoms in total. The first-order valence-corrected chi connectivity index (χ1v) is 13.9. The Balaban J connectivity index is 0.000000409. The molecule has 6 heteroatoms. The maximum atomic E-state index is 12.3. The Morgan fingerprint density at radius 2 is 1.29 bits per heavy atom. The number of benzene rings is 2. The molecule has 0 aliphatic heterocycles. The van der Waals surface area contributed by atoms with E-state index in [1.54, 1.807) is 12.3 Å². The molecule has 3 aromatic rings. The van der Waals surface area contributed by atoms with Gasteiger partial charge >= 0.3 is 16.5 Å². The second-order valence-corrected chi connectivity index (χ2v) is 14.4. The number of aliphatic imine (C=N–C) groups is 1. The average Bonchev–Trinajstić information content (AvgIpc) is 2.82. The van der Waals surface area contributed by atoms with Crippen molar-refractivity contribution < 1.29 is 31.4 Å². The minimum atomic E-state index is -0.438. The predicted molar refractivity (Wildman–Crippen MR) is 165 cm³/mol. The number of hydrogen-bond acceptors (Lipinski definition) is 5. The zero-order chi connectivity index (χ0) is 30.7. The Kier molecular flexibility index (Phi) is 11.8. The first-order valence-electron chi connectivity index (χ1n) is 13.9. The van der Waals surface area contributed by atoms with Crippen LogP contribution >= 0.6 is 0 Å². The number of ether oxygens (including phenoxy) is 1. The van der Waals surface area contributed by atoms with Crippen LogP contribution < -0.4 is 14.9 Å². The van der Waals surface area contributed by atoms with E-state index in [4.69, 9.17) is 9.73 Å². The molecular formula is C35H48N2NiO3. The van der Waals surface area contributed by atoms with E-state index in [2.05, 4.69) is 64.7 Å². The third-order valence-corrected chi connectivity index (χ3v) is 6.67. The van der Waals surface area contributed by atoms with Crippen molar-refractivity contribution in [2.24, 2.45) is 4.99 Å². The van der Waals surface area contributed by atoms with Gasteiger partial charge in [-0.15, -0.1) is 11.5 Å². The summed E-state index contributed by atoms with van der Waals surface area (Å²) in [5.41, 5.74) is 4.85. The molecule has 2 aromatic carbocycles. The van der Waals surface area contributed by atoms with Gasteiger partial charge in [0.2, 0.25) is 0 Å². The van der Waals surface area contributed by atoms with E-state index in [0.717, 1.165) is 11.4 Å². The quantitative estimate of drug-likeness (QED) is 0.226. The smallest absolute Gasteiger partial charge is 0.873 e. The number of hydrogen-bond donors (Lipinski definition) is 0. The van der Waals surface area contributed by atoms with Gasteiger partial charge in [-0.25, -0.2) is 0 Å². The largest absolute Gasteiger partial charge is 2.00 e. The second kappa shape index (κ2) is 13.4. The minimum Gasteiger partial charge on any atom is -0.873 e. The Hall–Kier alpha value is -2.85. The van der Waals surface area contributed by atoms with E-state index in [1.807, 2.05) is 66.0 Å². The van der Waals surface area contributed by atoms with Crippen LogP contribution in [-0.4, -0.2) is 18.3 Å². The Morgan fingerprint density at radius 1 is 0.707 bits per heavy atom. The van der Waals surface area contributed by atoms with Gasteiger partial charge in [0.15, 0.2) is 0 Å². The van der Waals surface area contributed by atoms with Crippen LogP contribution in [0.25, 0.3) is 0 Å². The van der Waals surface area contributed by atoms with Gasteiger partial charge in [-0.3, -0.25) is 9.98 Å². The van der Waals surface area contributed by atoms with Crippen LogP contribution in [0.2, 0.25) is 0 Å². The van der Waals surface area contributed by atoms with Gasteiger partial charge in [0.1, 0.15) is 5.75 Å². The molecule has 0 saturated carbocycles. The molecule has 0 radical (unpaired) electrons. The summed E-state index contributed by atoms with van der Waals surface area (Å²) in [5.74, 6) is -0.336. The minimum absolute atomic E-state index is 0. The molecule has 0 aliphatic rings. The predicted octanol–water partition coefficient (Wildman–Crippen LogP) is 7.86. The second-order valence-electron chi connectivity index (χ2n) is 14.4. The van der Waals surface area contributed by atoms with E-state index in [0.29, 0.717) is 16.9 Å². The molecule has 0 N–H and O–H groups in total. The summed E-state index contributed by atoms with van der Waals surface area (Å²) in [6.45, 7) is 24.8. The fourth-order valence-electron chi connectivity index (χ4n) is 4.37. The normalized spacial score (nSPS) is 12.4. The molecule has 0 atom stereocenters. The monoisotopic (exact) mass is 602 g/mol. The van der Waals surface area contributed by atoms with E-state index < -0.39 is 16.9 Å². The molecule has 0 saturated heterocycles. The summed E-state index contributed by atoms with van der Waals surface area (Å²) in [4.78, 5) is 9.04. The molecule has 0 bridgehead atoms. The number of methoxy groups -OCH3 is 1. The Labute approximate surface area is 258 Å². The topological polar surface area (TPSA) is 80.6 Å². The van der Waals surface area contributed by atoms with Crippen LogP contribution in [0, 0.1) is 0 Å². The van der Waals surface area contributed by atoms with Gasteiger partial charge in [-0.1, -0.05) is 101 Å². The molecule has 41 heavy (non-hydrogen) atoms. The Bertz CT molecular complexity index is 1320. The third-order valence-electron chi connectivity index (χ3n) is 6.67. The van der Waals surface area contributed by atoms with Gasteiger partial charge in [0, 0.05) is 6.20 Å². The zero-order valence-electron chi connectivity index (χ0n) is 27.1. The van der Waals surface area contributed by atoms with Crippen LogP contribution in [0.15, 0.2) is 53.7 Å². The van der Waals surface area contributed by atoms with Crippen LogP contribution in [0.4, 0.5) is 5.69 Å². The van der Waals surface area contributed by atoms with E-state index >= 15 is 0 Å². The molecule has 1 aromatic heterocycles. The number of nitrogens with zero attached hydrogens (tertiary/aromatic N) is 2. The van der Waals surface area contributed by atoms with Gasteiger partial charge in [-0.2, -0.15) is 0 Å². The summed E-state index contributed by atoms with van der Waals surface area (Å²) < 4.78 is 5.30. The fraction of sp³-hybridized carbons (Fsp3) is 0.486. The van der Waals surface area contributed by atoms with Crippen LogP contribution in [0.1, 0.15) is 111 Å².